The minimum atomic E-state index is -4.69. The van der Waals surface area contributed by atoms with E-state index in [0.29, 0.717) is 17.0 Å². The summed E-state index contributed by atoms with van der Waals surface area (Å²) >= 11 is 1.17. The zero-order chi connectivity index (χ0) is 17.2. The van der Waals surface area contributed by atoms with Crippen LogP contribution in [0.2, 0.25) is 0 Å². The van der Waals surface area contributed by atoms with Gasteiger partial charge in [0.15, 0.2) is 0 Å². The summed E-state index contributed by atoms with van der Waals surface area (Å²) in [5, 5.41) is 12.6. The third-order valence-corrected chi connectivity index (χ3v) is 3.92. The van der Waals surface area contributed by atoms with Gasteiger partial charge in [0.05, 0.1) is 15.4 Å². The average molecular weight is 345 g/mol. The van der Waals surface area contributed by atoms with E-state index in [1.54, 1.807) is 18.4 Å². The number of nitrogens with one attached hydrogen (secondary N) is 2. The predicted octanol–water partition coefficient (Wildman–Crippen LogP) is 3.74. The van der Waals surface area contributed by atoms with Crippen molar-refractivity contribution >= 4 is 28.6 Å². The summed E-state index contributed by atoms with van der Waals surface area (Å²) in [6.45, 7) is 1.71. The summed E-state index contributed by atoms with van der Waals surface area (Å²) < 4.78 is 37.8. The second-order valence-corrected chi connectivity index (χ2v) is 5.41. The SMILES string of the molecule is Cc1ccsc1C(=O)NNc1ccc(C(F)(F)F)cc1[N+](=O)[O-]. The van der Waals surface area contributed by atoms with E-state index in [1.165, 1.54) is 11.3 Å². The topological polar surface area (TPSA) is 84.3 Å². The smallest absolute Gasteiger partial charge is 0.292 e. The summed E-state index contributed by atoms with van der Waals surface area (Å²) in [7, 11) is 0. The Morgan fingerprint density at radius 1 is 1.30 bits per heavy atom. The van der Waals surface area contributed by atoms with Crippen LogP contribution in [0.4, 0.5) is 24.5 Å². The molecule has 1 aromatic carbocycles. The molecule has 0 aliphatic rings. The van der Waals surface area contributed by atoms with Gasteiger partial charge in [0, 0.05) is 6.07 Å². The van der Waals surface area contributed by atoms with Crippen molar-refractivity contribution in [1.29, 1.82) is 0 Å². The molecule has 0 saturated heterocycles. The molecule has 1 aromatic heterocycles. The van der Waals surface area contributed by atoms with E-state index in [0.717, 1.165) is 11.6 Å². The van der Waals surface area contributed by atoms with E-state index in [9.17, 15) is 28.1 Å². The van der Waals surface area contributed by atoms with Gasteiger partial charge < -0.3 is 0 Å². The second kappa shape index (κ2) is 6.24. The largest absolute Gasteiger partial charge is 0.416 e. The Hall–Kier alpha value is -2.62. The molecule has 0 unspecified atom stereocenters. The van der Waals surface area contributed by atoms with Crippen molar-refractivity contribution in [2.24, 2.45) is 0 Å². The van der Waals surface area contributed by atoms with Gasteiger partial charge in [0.1, 0.15) is 5.69 Å². The van der Waals surface area contributed by atoms with E-state index in [-0.39, 0.29) is 5.69 Å². The number of nitro groups is 1. The molecule has 10 heteroatoms. The van der Waals surface area contributed by atoms with Gasteiger partial charge in [-0.15, -0.1) is 11.3 Å². The van der Waals surface area contributed by atoms with Crippen LogP contribution >= 0.6 is 11.3 Å². The molecule has 0 fully saturated rings. The zero-order valence-corrected chi connectivity index (χ0v) is 12.4. The summed E-state index contributed by atoms with van der Waals surface area (Å²) in [6.07, 6.45) is -4.69. The van der Waals surface area contributed by atoms with Gasteiger partial charge in [-0.3, -0.25) is 25.8 Å². The number of hydrazine groups is 1. The molecule has 0 atom stereocenters. The number of aryl methyl sites for hydroxylation is 1. The number of amides is 1. The van der Waals surface area contributed by atoms with Crippen molar-refractivity contribution in [1.82, 2.24) is 5.43 Å². The lowest BCUT2D eigenvalue weighted by atomic mass is 10.1. The number of benzene rings is 1. The van der Waals surface area contributed by atoms with Crippen LogP contribution in [-0.2, 0) is 6.18 Å². The van der Waals surface area contributed by atoms with Crippen molar-refractivity contribution < 1.29 is 22.9 Å². The molecule has 23 heavy (non-hydrogen) atoms. The number of hydrogen-bond donors (Lipinski definition) is 2. The van der Waals surface area contributed by atoms with E-state index in [2.05, 4.69) is 10.9 Å². The molecule has 0 aliphatic carbocycles. The quantitative estimate of drug-likeness (QED) is 0.653. The number of carbonyl (C=O) groups is 1. The molecule has 6 nitrogen and oxygen atoms in total. The molecule has 0 aliphatic heterocycles. The van der Waals surface area contributed by atoms with Gasteiger partial charge in [-0.25, -0.2) is 0 Å². The lowest BCUT2D eigenvalue weighted by Gasteiger charge is -2.11. The average Bonchev–Trinajstić information content (AvgIpc) is 2.89. The Morgan fingerprint density at radius 3 is 2.52 bits per heavy atom. The number of thiophene rings is 1. The van der Waals surface area contributed by atoms with Gasteiger partial charge in [0.2, 0.25) is 0 Å². The van der Waals surface area contributed by atoms with Gasteiger partial charge in [-0.1, -0.05) is 0 Å². The number of nitro benzene ring substituents is 1. The van der Waals surface area contributed by atoms with Gasteiger partial charge in [0.25, 0.3) is 11.6 Å². The van der Waals surface area contributed by atoms with E-state index >= 15 is 0 Å². The predicted molar refractivity (Wildman–Crippen MR) is 78.2 cm³/mol. The van der Waals surface area contributed by atoms with Crippen LogP contribution in [-0.4, -0.2) is 10.8 Å². The molecule has 2 N–H and O–H groups in total. The first-order chi connectivity index (χ1) is 10.7. The molecular weight excluding hydrogens is 335 g/mol. The van der Waals surface area contributed by atoms with Crippen molar-refractivity contribution in [2.75, 3.05) is 5.43 Å². The van der Waals surface area contributed by atoms with Gasteiger partial charge in [-0.05, 0) is 36.1 Å². The monoisotopic (exact) mass is 345 g/mol. The third kappa shape index (κ3) is 3.77. The van der Waals surface area contributed by atoms with Crippen LogP contribution in [0.5, 0.6) is 0 Å². The Bertz CT molecular complexity index is 758. The zero-order valence-electron chi connectivity index (χ0n) is 11.6. The minimum absolute atomic E-state index is 0.245. The number of nitrogens with zero attached hydrogens (tertiary/aromatic N) is 1. The Morgan fingerprint density at radius 2 is 2.00 bits per heavy atom. The first kappa shape index (κ1) is 16.7. The van der Waals surface area contributed by atoms with Crippen molar-refractivity contribution in [3.05, 3.63) is 55.8 Å². The molecular formula is C13H10F3N3O3S. The molecule has 2 rings (SSSR count). The fourth-order valence-corrected chi connectivity index (χ4v) is 2.57. The number of alkyl halides is 3. The van der Waals surface area contributed by atoms with Crippen LogP contribution < -0.4 is 10.9 Å². The summed E-state index contributed by atoms with van der Waals surface area (Å²) in [5.41, 5.74) is 3.06. The normalized spacial score (nSPS) is 11.1. The van der Waals surface area contributed by atoms with E-state index < -0.39 is 28.3 Å². The highest BCUT2D eigenvalue weighted by atomic mass is 32.1. The number of carbonyl (C=O) groups excluding carboxylic acids is 1. The maximum absolute atomic E-state index is 12.6. The molecule has 2 aromatic rings. The molecule has 1 amide bonds. The minimum Gasteiger partial charge on any atom is -0.292 e. The molecule has 122 valence electrons. The highest BCUT2D eigenvalue weighted by molar-refractivity contribution is 7.12. The first-order valence-electron chi connectivity index (χ1n) is 6.16. The Kier molecular flexibility index (Phi) is 4.55. The standard InChI is InChI=1S/C13H10F3N3O3S/c1-7-4-5-23-11(7)12(20)18-17-9-3-2-8(13(14,15)16)6-10(9)19(21)22/h2-6,17H,1H3,(H,18,20). The third-order valence-electron chi connectivity index (χ3n) is 2.90. The number of hydrogen-bond acceptors (Lipinski definition) is 5. The lowest BCUT2D eigenvalue weighted by Crippen LogP contribution is -2.29. The van der Waals surface area contributed by atoms with Crippen LogP contribution in [0.3, 0.4) is 0 Å². The highest BCUT2D eigenvalue weighted by Gasteiger charge is 2.33. The fourth-order valence-electron chi connectivity index (χ4n) is 1.75. The van der Waals surface area contributed by atoms with E-state index in [4.69, 9.17) is 0 Å². The van der Waals surface area contributed by atoms with Crippen LogP contribution in [0, 0.1) is 17.0 Å². The molecule has 0 saturated carbocycles. The maximum Gasteiger partial charge on any atom is 0.416 e. The maximum atomic E-state index is 12.6. The Labute approximate surface area is 132 Å². The van der Waals surface area contributed by atoms with Crippen molar-refractivity contribution in [3.8, 4) is 0 Å². The lowest BCUT2D eigenvalue weighted by molar-refractivity contribution is -0.384. The van der Waals surface area contributed by atoms with Crippen molar-refractivity contribution in [2.45, 2.75) is 13.1 Å². The summed E-state index contributed by atoms with van der Waals surface area (Å²) in [6, 6.07) is 3.71. The fraction of sp³-hybridized carbons (Fsp3) is 0.154. The molecule has 0 bridgehead atoms. The van der Waals surface area contributed by atoms with Crippen LogP contribution in [0.15, 0.2) is 29.6 Å². The van der Waals surface area contributed by atoms with E-state index in [1.807, 2.05) is 0 Å². The highest BCUT2D eigenvalue weighted by Crippen LogP contribution is 2.34. The Balaban J connectivity index is 2.21. The van der Waals surface area contributed by atoms with Crippen LogP contribution in [0.25, 0.3) is 0 Å². The molecule has 0 spiro atoms. The summed E-state index contributed by atoms with van der Waals surface area (Å²) in [5.74, 6) is -0.535. The molecule has 0 radical (unpaired) electrons. The second-order valence-electron chi connectivity index (χ2n) is 4.50. The van der Waals surface area contributed by atoms with Gasteiger partial charge >= 0.3 is 6.18 Å². The first-order valence-corrected chi connectivity index (χ1v) is 7.04. The number of anilines is 1. The number of rotatable bonds is 4. The summed E-state index contributed by atoms with van der Waals surface area (Å²) in [4.78, 5) is 22.2. The van der Waals surface area contributed by atoms with Crippen LogP contribution in [0.1, 0.15) is 20.8 Å². The van der Waals surface area contributed by atoms with Crippen molar-refractivity contribution in [3.63, 3.8) is 0 Å². The molecule has 1 heterocycles. The van der Waals surface area contributed by atoms with Gasteiger partial charge in [-0.2, -0.15) is 13.2 Å². The number of halogens is 3.